The highest BCUT2D eigenvalue weighted by atomic mass is 16.5. The van der Waals surface area contributed by atoms with E-state index < -0.39 is 0 Å². The lowest BCUT2D eigenvalue weighted by Gasteiger charge is -2.06. The molecule has 5 heterocycles. The topological polar surface area (TPSA) is 227 Å². The number of H-pyrrole nitrogens is 2. The van der Waals surface area contributed by atoms with Crippen LogP contribution in [0.25, 0.3) is 89.7 Å². The number of aliphatic hydroxyl groups excluding tert-OH is 4. The average Bonchev–Trinajstić information content (AvgIpc) is 3.95. The molecule has 16 nitrogen and oxygen atoms in total. The van der Waals surface area contributed by atoms with Gasteiger partial charge in [0.1, 0.15) is 72.0 Å². The molecule has 0 amide bonds. The second kappa shape index (κ2) is 14.8. The first-order chi connectivity index (χ1) is 27.5. The summed E-state index contributed by atoms with van der Waals surface area (Å²) in [6, 6.07) is 21.9. The van der Waals surface area contributed by atoms with Crippen molar-refractivity contribution in [2.75, 3.05) is 52.9 Å². The van der Waals surface area contributed by atoms with Gasteiger partial charge in [0.15, 0.2) is 23.3 Å². The number of aromatic nitrogens is 8. The monoisotopic (exact) mass is 754 g/mol. The molecular weight excluding hydrogens is 720 g/mol. The van der Waals surface area contributed by atoms with Gasteiger partial charge in [0.25, 0.3) is 0 Å². The Balaban J connectivity index is 1.39. The number of hydrogen-bond acceptors (Lipinski definition) is 14. The first-order valence-corrected chi connectivity index (χ1v) is 17.9. The van der Waals surface area contributed by atoms with E-state index in [1.807, 2.05) is 48.5 Å². The zero-order valence-corrected chi connectivity index (χ0v) is 29.7. The van der Waals surface area contributed by atoms with Gasteiger partial charge in [-0.1, -0.05) is 0 Å². The molecule has 0 saturated carbocycles. The first kappa shape index (κ1) is 35.0. The van der Waals surface area contributed by atoms with E-state index in [0.717, 1.165) is 10.8 Å². The molecule has 0 spiro atoms. The predicted octanol–water partition coefficient (Wildman–Crippen LogP) is 4.35. The maximum Gasteiger partial charge on any atom is 0.164 e. The van der Waals surface area contributed by atoms with Gasteiger partial charge in [-0.05, 0) is 72.8 Å². The van der Waals surface area contributed by atoms with Crippen molar-refractivity contribution in [2.45, 2.75) is 0 Å². The van der Waals surface area contributed by atoms with Gasteiger partial charge >= 0.3 is 0 Å². The summed E-state index contributed by atoms with van der Waals surface area (Å²) in [6.45, 7) is -0.139. The number of fused-ring (bicyclic) bond motifs is 20. The Hall–Kier alpha value is -6.72. The summed E-state index contributed by atoms with van der Waals surface area (Å²) >= 11 is 0. The first-order valence-electron chi connectivity index (χ1n) is 17.9. The molecule has 3 aromatic heterocycles. The van der Waals surface area contributed by atoms with Crippen molar-refractivity contribution in [3.05, 3.63) is 72.8 Å². The van der Waals surface area contributed by atoms with E-state index in [-0.39, 0.29) is 52.9 Å². The van der Waals surface area contributed by atoms with Gasteiger partial charge in [-0.2, -0.15) is 0 Å². The third-order valence-corrected chi connectivity index (χ3v) is 9.16. The fourth-order valence-corrected chi connectivity index (χ4v) is 6.72. The van der Waals surface area contributed by atoms with Crippen LogP contribution in [-0.2, 0) is 0 Å². The lowest BCUT2D eigenvalue weighted by atomic mass is 10.1. The number of aliphatic hydroxyl groups is 4. The van der Waals surface area contributed by atoms with Crippen LogP contribution in [0.4, 0.5) is 0 Å². The number of benzene rings is 4. The number of aromatic amines is 2. The summed E-state index contributed by atoms with van der Waals surface area (Å²) in [7, 11) is 0. The van der Waals surface area contributed by atoms with Crippen molar-refractivity contribution in [3.8, 4) is 68.5 Å². The van der Waals surface area contributed by atoms with E-state index in [2.05, 4.69) is 9.97 Å². The van der Waals surface area contributed by atoms with Crippen LogP contribution in [0.1, 0.15) is 0 Å². The van der Waals surface area contributed by atoms with Crippen LogP contribution in [0.5, 0.6) is 23.0 Å². The highest BCUT2D eigenvalue weighted by molar-refractivity contribution is 6.07. The number of hydrogen-bond donors (Lipinski definition) is 6. The van der Waals surface area contributed by atoms with Gasteiger partial charge in [-0.25, -0.2) is 29.9 Å². The smallest absolute Gasteiger partial charge is 0.164 e. The molecule has 0 aliphatic carbocycles. The van der Waals surface area contributed by atoms with Crippen LogP contribution in [0.3, 0.4) is 0 Å². The molecule has 0 fully saturated rings. The minimum atomic E-state index is -0.148. The molecule has 0 saturated heterocycles. The molecule has 2 aliphatic rings. The van der Waals surface area contributed by atoms with Gasteiger partial charge in [0.05, 0.1) is 26.4 Å². The second-order valence-electron chi connectivity index (χ2n) is 12.7. The third kappa shape index (κ3) is 6.45. The summed E-state index contributed by atoms with van der Waals surface area (Å²) in [6.07, 6.45) is 0. The van der Waals surface area contributed by atoms with Crippen molar-refractivity contribution in [3.63, 3.8) is 0 Å². The Bertz CT molecular complexity index is 2610. The molecule has 6 N–H and O–H groups in total. The third-order valence-electron chi connectivity index (χ3n) is 9.16. The Morgan fingerprint density at radius 2 is 0.679 bits per heavy atom. The fourth-order valence-electron chi connectivity index (χ4n) is 6.72. The number of nitrogens with one attached hydrogen (secondary N) is 2. The van der Waals surface area contributed by atoms with Crippen LogP contribution in [0.2, 0.25) is 0 Å². The average molecular weight is 755 g/mol. The highest BCUT2D eigenvalue weighted by Crippen LogP contribution is 2.40. The number of ether oxygens (including phenoxy) is 4. The van der Waals surface area contributed by atoms with Gasteiger partial charge in [0, 0.05) is 43.8 Å². The Morgan fingerprint density at radius 3 is 1.05 bits per heavy atom. The van der Waals surface area contributed by atoms with E-state index in [9.17, 15) is 20.4 Å². The highest BCUT2D eigenvalue weighted by Gasteiger charge is 2.24. The lowest BCUT2D eigenvalue weighted by molar-refractivity contribution is 0.201. The van der Waals surface area contributed by atoms with Crippen molar-refractivity contribution < 1.29 is 39.4 Å². The van der Waals surface area contributed by atoms with E-state index in [0.29, 0.717) is 102 Å². The van der Waals surface area contributed by atoms with Crippen molar-refractivity contribution in [1.29, 1.82) is 0 Å². The molecular formula is C40H34N8O8. The van der Waals surface area contributed by atoms with Crippen LogP contribution < -0.4 is 18.9 Å². The normalized spacial score (nSPS) is 11.8. The summed E-state index contributed by atoms with van der Waals surface area (Å²) in [5.41, 5.74) is 4.53. The maximum atomic E-state index is 9.43. The quantitative estimate of drug-likeness (QED) is 0.102. The number of rotatable bonds is 12. The molecule has 56 heavy (non-hydrogen) atoms. The Morgan fingerprint density at radius 1 is 0.357 bits per heavy atom. The molecule has 7 aromatic rings. The summed E-state index contributed by atoms with van der Waals surface area (Å²) in [4.78, 5) is 36.9. The molecule has 0 unspecified atom stereocenters. The molecule has 4 aromatic carbocycles. The van der Waals surface area contributed by atoms with Crippen molar-refractivity contribution in [1.82, 2.24) is 39.9 Å². The Kier molecular flexibility index (Phi) is 9.28. The summed E-state index contributed by atoms with van der Waals surface area (Å²) in [5, 5.41) is 40.5. The van der Waals surface area contributed by atoms with E-state index in [4.69, 9.17) is 48.9 Å². The van der Waals surface area contributed by atoms with Crippen LogP contribution >= 0.6 is 0 Å². The van der Waals surface area contributed by atoms with Crippen LogP contribution in [-0.4, -0.2) is 113 Å². The van der Waals surface area contributed by atoms with Crippen molar-refractivity contribution >= 4 is 44.1 Å². The molecule has 282 valence electrons. The van der Waals surface area contributed by atoms with Crippen LogP contribution in [0, 0.1) is 0 Å². The largest absolute Gasteiger partial charge is 0.491 e. The molecule has 0 atom stereocenters. The molecule has 8 bridgehead atoms. The molecule has 0 radical (unpaired) electrons. The van der Waals surface area contributed by atoms with Gasteiger partial charge in [0.2, 0.25) is 0 Å². The number of nitrogens with zero attached hydrogens (tertiary/aromatic N) is 6. The fraction of sp³-hybridized carbons (Fsp3) is 0.200. The predicted molar refractivity (Wildman–Crippen MR) is 206 cm³/mol. The molecule has 9 rings (SSSR count). The second-order valence-corrected chi connectivity index (χ2v) is 12.7. The maximum absolute atomic E-state index is 9.43. The Labute approximate surface area is 317 Å². The van der Waals surface area contributed by atoms with Gasteiger partial charge in [-0.15, -0.1) is 0 Å². The van der Waals surface area contributed by atoms with E-state index in [1.54, 1.807) is 24.3 Å². The SMILES string of the molecule is OCCOc1ccc2c(c1)-c1nc-2nc2[nH]c(nc3nc(nc4[nH]c(n1)c1ccc(OCCO)cc41)-c1ccc(OCCO)cc1-3)c1ccc(OCCO)cc21. The molecule has 16 heteroatoms. The van der Waals surface area contributed by atoms with E-state index >= 15 is 0 Å². The van der Waals surface area contributed by atoms with Gasteiger partial charge in [-0.3, -0.25) is 0 Å². The lowest BCUT2D eigenvalue weighted by Crippen LogP contribution is -2.01. The standard InChI is InChI=1S/C40H34N8O8/c49-9-13-53-21-1-5-25-29(17-21)37-41-33(25)45-38-30-18-22(54-14-10-50)2-6-26(30)35(42-38)47-40-32-20-24(56-16-12-52)4-8-28(32)36(44-40)48-39-31-19-23(55-15-11-51)3-7-27(31)34(43-39)46-37/h1-8,17-20,49-52H,9-16H2,(H2,41,42,43,44,45,46,47,48). The van der Waals surface area contributed by atoms with Crippen molar-refractivity contribution in [2.24, 2.45) is 0 Å². The zero-order valence-electron chi connectivity index (χ0n) is 29.7. The van der Waals surface area contributed by atoms with Gasteiger partial charge < -0.3 is 49.3 Å². The van der Waals surface area contributed by atoms with Crippen LogP contribution in [0.15, 0.2) is 72.8 Å². The molecule has 2 aliphatic heterocycles. The minimum absolute atomic E-state index is 0.112. The zero-order chi connectivity index (χ0) is 38.2. The minimum Gasteiger partial charge on any atom is -0.491 e. The summed E-state index contributed by atoms with van der Waals surface area (Å²) < 4.78 is 23.1. The van der Waals surface area contributed by atoms with E-state index in [1.165, 1.54) is 0 Å². The summed E-state index contributed by atoms with van der Waals surface area (Å²) in [5.74, 6) is 3.58.